The SMILES string of the molecule is C=C(C)C(=O)OC1CC2CC1CC2CC1CCC(=O)O1. The van der Waals surface area contributed by atoms with Gasteiger partial charge in [-0.1, -0.05) is 6.58 Å². The van der Waals surface area contributed by atoms with Crippen LogP contribution in [0.25, 0.3) is 0 Å². The summed E-state index contributed by atoms with van der Waals surface area (Å²) in [6, 6.07) is 0. The number of cyclic esters (lactones) is 1. The molecule has 1 heterocycles. The molecule has 4 heteroatoms. The summed E-state index contributed by atoms with van der Waals surface area (Å²) in [5.74, 6) is 1.44. The average molecular weight is 278 g/mol. The van der Waals surface area contributed by atoms with E-state index in [1.165, 1.54) is 0 Å². The zero-order chi connectivity index (χ0) is 14.3. The number of fused-ring (bicyclic) bond motifs is 2. The monoisotopic (exact) mass is 278 g/mol. The van der Waals surface area contributed by atoms with Crippen LogP contribution in [0.15, 0.2) is 12.2 Å². The van der Waals surface area contributed by atoms with Crippen molar-refractivity contribution in [1.29, 1.82) is 0 Å². The predicted octanol–water partition coefficient (Wildman–Crippen LogP) is 2.62. The van der Waals surface area contributed by atoms with Gasteiger partial charge < -0.3 is 9.47 Å². The van der Waals surface area contributed by atoms with Crippen LogP contribution >= 0.6 is 0 Å². The first kappa shape index (κ1) is 13.7. The third-order valence-corrected chi connectivity index (χ3v) is 5.08. The summed E-state index contributed by atoms with van der Waals surface area (Å²) >= 11 is 0. The van der Waals surface area contributed by atoms with Crippen LogP contribution in [0, 0.1) is 17.8 Å². The summed E-state index contributed by atoms with van der Waals surface area (Å²) in [5.41, 5.74) is 0.474. The molecule has 1 aliphatic heterocycles. The molecule has 2 bridgehead atoms. The molecule has 5 atom stereocenters. The second-order valence-electron chi connectivity index (χ2n) is 6.60. The first-order chi connectivity index (χ1) is 9.52. The van der Waals surface area contributed by atoms with Crippen LogP contribution < -0.4 is 0 Å². The summed E-state index contributed by atoms with van der Waals surface area (Å²) in [5, 5.41) is 0. The smallest absolute Gasteiger partial charge is 0.333 e. The van der Waals surface area contributed by atoms with Crippen molar-refractivity contribution >= 4 is 11.9 Å². The Balaban J connectivity index is 1.50. The van der Waals surface area contributed by atoms with Gasteiger partial charge in [-0.2, -0.15) is 0 Å². The zero-order valence-electron chi connectivity index (χ0n) is 12.0. The van der Waals surface area contributed by atoms with E-state index >= 15 is 0 Å². The van der Waals surface area contributed by atoms with E-state index in [9.17, 15) is 9.59 Å². The van der Waals surface area contributed by atoms with Gasteiger partial charge in [0.2, 0.25) is 0 Å². The van der Waals surface area contributed by atoms with Crippen molar-refractivity contribution in [2.24, 2.45) is 17.8 Å². The molecule has 0 N–H and O–H groups in total. The zero-order valence-corrected chi connectivity index (χ0v) is 12.0. The second kappa shape index (κ2) is 5.23. The highest BCUT2D eigenvalue weighted by Crippen LogP contribution is 2.51. The van der Waals surface area contributed by atoms with Crippen LogP contribution in [0.2, 0.25) is 0 Å². The van der Waals surface area contributed by atoms with E-state index in [-0.39, 0.29) is 24.1 Å². The van der Waals surface area contributed by atoms with Crippen LogP contribution in [0.5, 0.6) is 0 Å². The molecule has 0 aromatic rings. The Morgan fingerprint density at radius 3 is 2.70 bits per heavy atom. The maximum absolute atomic E-state index is 11.6. The largest absolute Gasteiger partial charge is 0.462 e. The van der Waals surface area contributed by atoms with E-state index in [2.05, 4.69) is 6.58 Å². The van der Waals surface area contributed by atoms with Crippen LogP contribution in [-0.2, 0) is 19.1 Å². The molecule has 20 heavy (non-hydrogen) atoms. The molecule has 4 nitrogen and oxygen atoms in total. The first-order valence-electron chi connectivity index (χ1n) is 7.59. The van der Waals surface area contributed by atoms with Crippen LogP contribution in [0.1, 0.15) is 45.4 Å². The lowest BCUT2D eigenvalue weighted by Crippen LogP contribution is -2.29. The minimum absolute atomic E-state index is 0.0496. The molecule has 110 valence electrons. The number of carbonyl (C=O) groups excluding carboxylic acids is 2. The quantitative estimate of drug-likeness (QED) is 0.586. The number of hydrogen-bond donors (Lipinski definition) is 0. The van der Waals surface area contributed by atoms with Gasteiger partial charge in [0, 0.05) is 12.0 Å². The molecule has 3 fully saturated rings. The number of carbonyl (C=O) groups is 2. The fourth-order valence-electron chi connectivity index (χ4n) is 4.10. The summed E-state index contributed by atoms with van der Waals surface area (Å²) in [6.45, 7) is 5.31. The first-order valence-corrected chi connectivity index (χ1v) is 7.59. The Kier molecular flexibility index (Phi) is 3.57. The molecule has 1 saturated heterocycles. The lowest BCUT2D eigenvalue weighted by Gasteiger charge is -2.29. The molecule has 0 radical (unpaired) electrons. The van der Waals surface area contributed by atoms with Gasteiger partial charge in [-0.25, -0.2) is 4.79 Å². The highest BCUT2D eigenvalue weighted by Gasteiger charge is 2.48. The standard InChI is InChI=1S/C16H22O4/c1-9(2)16(18)20-14-8-11-6-12(14)5-10(11)7-13-3-4-15(17)19-13/h10-14H,1,3-8H2,2H3. The van der Waals surface area contributed by atoms with Crippen molar-refractivity contribution < 1.29 is 19.1 Å². The van der Waals surface area contributed by atoms with Gasteiger partial charge in [-0.3, -0.25) is 4.79 Å². The Morgan fingerprint density at radius 1 is 1.35 bits per heavy atom. The molecule has 3 rings (SSSR count). The fourth-order valence-corrected chi connectivity index (χ4v) is 4.10. The van der Waals surface area contributed by atoms with Crippen molar-refractivity contribution in [3.63, 3.8) is 0 Å². The number of rotatable bonds is 4. The highest BCUT2D eigenvalue weighted by molar-refractivity contribution is 5.87. The normalized spacial score (nSPS) is 38.9. The van der Waals surface area contributed by atoms with Gasteiger partial charge in [0.15, 0.2) is 0 Å². The molecule has 2 saturated carbocycles. The Hall–Kier alpha value is -1.32. The van der Waals surface area contributed by atoms with E-state index in [4.69, 9.17) is 9.47 Å². The molecule has 0 aromatic carbocycles. The maximum Gasteiger partial charge on any atom is 0.333 e. The van der Waals surface area contributed by atoms with E-state index < -0.39 is 0 Å². The molecule has 2 aliphatic carbocycles. The van der Waals surface area contributed by atoms with Crippen LogP contribution in [0.4, 0.5) is 0 Å². The van der Waals surface area contributed by atoms with E-state index in [0.717, 1.165) is 32.1 Å². The Bertz CT molecular complexity index is 442. The summed E-state index contributed by atoms with van der Waals surface area (Å²) in [4.78, 5) is 22.7. The van der Waals surface area contributed by atoms with Gasteiger partial charge in [0.1, 0.15) is 12.2 Å². The molecular weight excluding hydrogens is 256 g/mol. The van der Waals surface area contributed by atoms with E-state index in [1.807, 2.05) is 0 Å². The lowest BCUT2D eigenvalue weighted by atomic mass is 9.83. The summed E-state index contributed by atoms with van der Waals surface area (Å²) < 4.78 is 10.8. The molecule has 5 unspecified atom stereocenters. The third kappa shape index (κ3) is 2.60. The van der Waals surface area contributed by atoms with Crippen molar-refractivity contribution in [2.45, 2.75) is 57.7 Å². The van der Waals surface area contributed by atoms with E-state index in [1.54, 1.807) is 6.92 Å². The molecule has 0 aromatic heterocycles. The van der Waals surface area contributed by atoms with Gasteiger partial charge in [0.25, 0.3) is 0 Å². The van der Waals surface area contributed by atoms with Crippen molar-refractivity contribution in [3.05, 3.63) is 12.2 Å². The number of ether oxygens (including phenoxy) is 2. The van der Waals surface area contributed by atoms with Crippen molar-refractivity contribution in [2.75, 3.05) is 0 Å². The molecule has 0 amide bonds. The van der Waals surface area contributed by atoms with Gasteiger partial charge in [0.05, 0.1) is 0 Å². The Morgan fingerprint density at radius 2 is 2.15 bits per heavy atom. The fraction of sp³-hybridized carbons (Fsp3) is 0.750. The second-order valence-corrected chi connectivity index (χ2v) is 6.60. The van der Waals surface area contributed by atoms with Gasteiger partial charge >= 0.3 is 11.9 Å². The highest BCUT2D eigenvalue weighted by atomic mass is 16.6. The number of hydrogen-bond acceptors (Lipinski definition) is 4. The third-order valence-electron chi connectivity index (χ3n) is 5.08. The van der Waals surface area contributed by atoms with E-state index in [0.29, 0.717) is 29.7 Å². The number of esters is 2. The molecule has 3 aliphatic rings. The predicted molar refractivity (Wildman–Crippen MR) is 72.7 cm³/mol. The van der Waals surface area contributed by atoms with Gasteiger partial charge in [-0.05, 0) is 56.8 Å². The lowest BCUT2D eigenvalue weighted by molar-refractivity contribution is -0.148. The molecular formula is C16H22O4. The summed E-state index contributed by atoms with van der Waals surface area (Å²) in [6.07, 6.45) is 5.87. The maximum atomic E-state index is 11.6. The van der Waals surface area contributed by atoms with Gasteiger partial charge in [-0.15, -0.1) is 0 Å². The van der Waals surface area contributed by atoms with Crippen molar-refractivity contribution in [1.82, 2.24) is 0 Å². The van der Waals surface area contributed by atoms with Crippen molar-refractivity contribution in [3.8, 4) is 0 Å². The summed E-state index contributed by atoms with van der Waals surface area (Å²) in [7, 11) is 0. The topological polar surface area (TPSA) is 52.6 Å². The van der Waals surface area contributed by atoms with Crippen LogP contribution in [0.3, 0.4) is 0 Å². The van der Waals surface area contributed by atoms with Crippen LogP contribution in [-0.4, -0.2) is 24.1 Å². The average Bonchev–Trinajstić information content (AvgIpc) is 3.05. The minimum Gasteiger partial charge on any atom is -0.462 e. The Labute approximate surface area is 119 Å². The molecule has 0 spiro atoms. The minimum atomic E-state index is -0.260.